The Morgan fingerprint density at radius 1 is 1.35 bits per heavy atom. The van der Waals surface area contributed by atoms with Gasteiger partial charge in [0.1, 0.15) is 0 Å². The first-order valence-corrected chi connectivity index (χ1v) is 6.82. The highest BCUT2D eigenvalue weighted by Crippen LogP contribution is 2.35. The molecule has 0 fully saturated rings. The minimum Gasteiger partial charge on any atom is -0.295 e. The Hall–Kier alpha value is -0.960. The van der Waals surface area contributed by atoms with Gasteiger partial charge < -0.3 is 0 Å². The molecule has 2 nitrogen and oxygen atoms in total. The zero-order chi connectivity index (χ0) is 12.6. The van der Waals surface area contributed by atoms with Gasteiger partial charge in [0.2, 0.25) is 0 Å². The van der Waals surface area contributed by atoms with Gasteiger partial charge in [-0.25, -0.2) is 4.98 Å². The predicted octanol–water partition coefficient (Wildman–Crippen LogP) is 3.62. The van der Waals surface area contributed by atoms with Gasteiger partial charge in [0.15, 0.2) is 5.78 Å². The zero-order valence-corrected chi connectivity index (χ0v) is 11.8. The maximum absolute atomic E-state index is 11.7. The smallest absolute Gasteiger partial charge is 0.156 e. The van der Waals surface area contributed by atoms with Gasteiger partial charge in [-0.3, -0.25) is 4.79 Å². The van der Waals surface area contributed by atoms with Gasteiger partial charge in [0.05, 0.1) is 10.7 Å². The number of carbonyl (C=O) groups excluding carboxylic acids is 1. The first-order chi connectivity index (χ1) is 7.85. The molecule has 0 atom stereocenters. The van der Waals surface area contributed by atoms with Crippen molar-refractivity contribution in [3.8, 4) is 0 Å². The molecule has 17 heavy (non-hydrogen) atoms. The second kappa shape index (κ2) is 4.37. The van der Waals surface area contributed by atoms with Crippen LogP contribution < -0.4 is 0 Å². The summed E-state index contributed by atoms with van der Waals surface area (Å²) in [5.41, 5.74) is 2.47. The van der Waals surface area contributed by atoms with E-state index in [9.17, 15) is 4.79 Å². The minimum absolute atomic E-state index is 0.114. The van der Waals surface area contributed by atoms with E-state index in [1.807, 2.05) is 13.0 Å². The molecule has 0 N–H and O–H groups in total. The van der Waals surface area contributed by atoms with Gasteiger partial charge >= 0.3 is 0 Å². The van der Waals surface area contributed by atoms with E-state index in [1.54, 1.807) is 11.3 Å². The van der Waals surface area contributed by atoms with Crippen molar-refractivity contribution < 1.29 is 4.79 Å². The van der Waals surface area contributed by atoms with Gasteiger partial charge in [-0.05, 0) is 31.8 Å². The number of hydrogen-bond acceptors (Lipinski definition) is 3. The number of allylic oxidation sites excluding steroid dienone is 2. The molecule has 0 amide bonds. The highest BCUT2D eigenvalue weighted by atomic mass is 32.1. The molecule has 0 aliphatic heterocycles. The Kier molecular flexibility index (Phi) is 3.21. The van der Waals surface area contributed by atoms with Crippen LogP contribution in [0.5, 0.6) is 0 Å². The second-order valence-electron chi connectivity index (χ2n) is 5.71. The SMILES string of the molecule is Cc1nc(CC2=CC(=O)CC(C)(C)C2)sc1C. The number of thiazole rings is 1. The van der Waals surface area contributed by atoms with E-state index < -0.39 is 0 Å². The summed E-state index contributed by atoms with van der Waals surface area (Å²) in [6.45, 7) is 8.47. The third-order valence-electron chi connectivity index (χ3n) is 3.17. The molecule has 0 bridgehead atoms. The van der Waals surface area contributed by atoms with Crippen molar-refractivity contribution in [2.75, 3.05) is 0 Å². The molecule has 0 saturated heterocycles. The number of hydrogen-bond donors (Lipinski definition) is 0. The number of aromatic nitrogens is 1. The number of aryl methyl sites for hydroxylation is 2. The van der Waals surface area contributed by atoms with Crippen LogP contribution in [0.2, 0.25) is 0 Å². The lowest BCUT2D eigenvalue weighted by atomic mass is 9.76. The van der Waals surface area contributed by atoms with E-state index in [0.29, 0.717) is 6.42 Å². The molecule has 3 heteroatoms. The van der Waals surface area contributed by atoms with Crippen molar-refractivity contribution in [2.45, 2.75) is 47.0 Å². The Bertz CT molecular complexity index is 463. The molecule has 0 aromatic carbocycles. The fraction of sp³-hybridized carbons (Fsp3) is 0.571. The fourth-order valence-corrected chi connectivity index (χ4v) is 3.39. The molecule has 2 rings (SSSR count). The summed E-state index contributed by atoms with van der Waals surface area (Å²) in [5.74, 6) is 0.265. The summed E-state index contributed by atoms with van der Waals surface area (Å²) < 4.78 is 0. The molecule has 1 aromatic rings. The summed E-state index contributed by atoms with van der Waals surface area (Å²) >= 11 is 1.75. The molecule has 0 saturated carbocycles. The topological polar surface area (TPSA) is 30.0 Å². The van der Waals surface area contributed by atoms with Gasteiger partial charge in [-0.15, -0.1) is 11.3 Å². The van der Waals surface area contributed by atoms with Crippen LogP contribution in [0.1, 0.15) is 42.3 Å². The molecule has 92 valence electrons. The van der Waals surface area contributed by atoms with E-state index in [4.69, 9.17) is 0 Å². The summed E-state index contributed by atoms with van der Waals surface area (Å²) in [6, 6.07) is 0. The van der Waals surface area contributed by atoms with Crippen LogP contribution in [0, 0.1) is 19.3 Å². The molecule has 1 heterocycles. The van der Waals surface area contributed by atoms with Crippen molar-refractivity contribution >= 4 is 17.1 Å². The summed E-state index contributed by atoms with van der Waals surface area (Å²) in [7, 11) is 0. The molecule has 0 unspecified atom stereocenters. The standard InChI is InChI=1S/C14H19NOS/c1-9-10(2)17-13(15-9)6-11-5-12(16)8-14(3,4)7-11/h5H,6-8H2,1-4H3. The Labute approximate surface area is 107 Å². The zero-order valence-electron chi connectivity index (χ0n) is 11.0. The summed E-state index contributed by atoms with van der Waals surface area (Å²) in [5, 5.41) is 1.14. The summed E-state index contributed by atoms with van der Waals surface area (Å²) in [4.78, 5) is 17.5. The Morgan fingerprint density at radius 3 is 2.59 bits per heavy atom. The van der Waals surface area contributed by atoms with Crippen LogP contribution in [0.15, 0.2) is 11.6 Å². The van der Waals surface area contributed by atoms with Crippen molar-refractivity contribution in [1.82, 2.24) is 4.98 Å². The molecule has 1 aliphatic rings. The molecule has 0 spiro atoms. The number of nitrogens with zero attached hydrogens (tertiary/aromatic N) is 1. The summed E-state index contributed by atoms with van der Waals surface area (Å²) in [6.07, 6.45) is 4.36. The van der Waals surface area contributed by atoms with E-state index in [2.05, 4.69) is 25.8 Å². The first kappa shape index (κ1) is 12.5. The van der Waals surface area contributed by atoms with E-state index in [0.717, 1.165) is 23.5 Å². The van der Waals surface area contributed by atoms with Gasteiger partial charge in [0.25, 0.3) is 0 Å². The molecule has 0 radical (unpaired) electrons. The maximum Gasteiger partial charge on any atom is 0.156 e. The molecule has 1 aliphatic carbocycles. The normalized spacial score (nSPS) is 19.3. The van der Waals surface area contributed by atoms with Crippen LogP contribution >= 0.6 is 11.3 Å². The Balaban J connectivity index is 2.16. The quantitative estimate of drug-likeness (QED) is 0.801. The lowest BCUT2D eigenvalue weighted by Gasteiger charge is -2.28. The monoisotopic (exact) mass is 249 g/mol. The fourth-order valence-electron chi connectivity index (χ4n) is 2.40. The number of ketones is 1. The maximum atomic E-state index is 11.7. The largest absolute Gasteiger partial charge is 0.295 e. The minimum atomic E-state index is 0.114. The molecular weight excluding hydrogens is 230 g/mol. The lowest BCUT2D eigenvalue weighted by Crippen LogP contribution is -2.22. The van der Waals surface area contributed by atoms with E-state index in [1.165, 1.54) is 10.5 Å². The first-order valence-electron chi connectivity index (χ1n) is 6.01. The van der Waals surface area contributed by atoms with Crippen molar-refractivity contribution in [2.24, 2.45) is 5.41 Å². The van der Waals surface area contributed by atoms with Crippen LogP contribution in [0.3, 0.4) is 0 Å². The number of rotatable bonds is 2. The van der Waals surface area contributed by atoms with Gasteiger partial charge in [-0.1, -0.05) is 19.4 Å². The average Bonchev–Trinajstić information content (AvgIpc) is 2.41. The van der Waals surface area contributed by atoms with Crippen molar-refractivity contribution in [3.05, 3.63) is 27.2 Å². The third kappa shape index (κ3) is 3.03. The highest BCUT2D eigenvalue weighted by molar-refractivity contribution is 7.11. The van der Waals surface area contributed by atoms with Crippen LogP contribution in [-0.4, -0.2) is 10.8 Å². The van der Waals surface area contributed by atoms with Crippen LogP contribution in [0.25, 0.3) is 0 Å². The van der Waals surface area contributed by atoms with Gasteiger partial charge in [-0.2, -0.15) is 0 Å². The van der Waals surface area contributed by atoms with Crippen molar-refractivity contribution in [3.63, 3.8) is 0 Å². The Morgan fingerprint density at radius 2 is 2.06 bits per heavy atom. The van der Waals surface area contributed by atoms with E-state index >= 15 is 0 Å². The highest BCUT2D eigenvalue weighted by Gasteiger charge is 2.27. The van der Waals surface area contributed by atoms with Crippen LogP contribution in [0.4, 0.5) is 0 Å². The van der Waals surface area contributed by atoms with Gasteiger partial charge in [0, 0.05) is 17.7 Å². The average molecular weight is 249 g/mol. The van der Waals surface area contributed by atoms with E-state index in [-0.39, 0.29) is 11.2 Å². The number of carbonyl (C=O) groups is 1. The lowest BCUT2D eigenvalue weighted by molar-refractivity contribution is -0.117. The second-order valence-corrected chi connectivity index (χ2v) is 7.00. The van der Waals surface area contributed by atoms with Crippen molar-refractivity contribution in [1.29, 1.82) is 0 Å². The molecule has 1 aromatic heterocycles. The predicted molar refractivity (Wildman–Crippen MR) is 71.4 cm³/mol. The third-order valence-corrected chi connectivity index (χ3v) is 4.25. The van der Waals surface area contributed by atoms with Crippen LogP contribution in [-0.2, 0) is 11.2 Å². The molecular formula is C14H19NOS.